The fraction of sp³-hybridized carbons (Fsp3) is 0.0909. The lowest BCUT2D eigenvalue weighted by molar-refractivity contribution is -0.137. The van der Waals surface area contributed by atoms with E-state index in [-0.39, 0.29) is 26.7 Å². The zero-order chi connectivity index (χ0) is 26.3. The lowest BCUT2D eigenvalue weighted by Gasteiger charge is -2.15. The summed E-state index contributed by atoms with van der Waals surface area (Å²) < 4.78 is 91.3. The van der Waals surface area contributed by atoms with Crippen LogP contribution in [0, 0.1) is 0 Å². The summed E-state index contributed by atoms with van der Waals surface area (Å²) in [7, 11) is -8.44. The summed E-state index contributed by atoms with van der Waals surface area (Å²) in [5, 5.41) is 2.37. The molecule has 0 aromatic heterocycles. The molecule has 2 N–H and O–H groups in total. The van der Waals surface area contributed by atoms with Gasteiger partial charge in [-0.15, -0.1) is 0 Å². The molecule has 0 fully saturated rings. The maximum atomic E-state index is 12.9. The summed E-state index contributed by atoms with van der Waals surface area (Å²) in [4.78, 5) is 24.3. The number of nitrogens with zero attached hydrogens (tertiary/aromatic N) is 1. The number of hydrogen-bond acceptors (Lipinski definition) is 6. The van der Waals surface area contributed by atoms with Gasteiger partial charge in [0.25, 0.3) is 26.0 Å². The fourth-order valence-electron chi connectivity index (χ4n) is 3.41. The van der Waals surface area contributed by atoms with E-state index in [0.29, 0.717) is 10.4 Å². The molecule has 3 aromatic rings. The van der Waals surface area contributed by atoms with Crippen molar-refractivity contribution in [2.45, 2.75) is 16.0 Å². The number of carbonyl (C=O) groups is 2. The summed E-state index contributed by atoms with van der Waals surface area (Å²) >= 11 is 0. The Morgan fingerprint density at radius 3 is 2.22 bits per heavy atom. The number of hydrogen-bond donors (Lipinski definition) is 2. The third-order valence-corrected chi connectivity index (χ3v) is 8.27. The third kappa shape index (κ3) is 4.90. The van der Waals surface area contributed by atoms with Crippen molar-refractivity contribution in [3.05, 3.63) is 83.9 Å². The van der Waals surface area contributed by atoms with E-state index in [1.807, 2.05) is 0 Å². The van der Waals surface area contributed by atoms with E-state index in [2.05, 4.69) is 10.0 Å². The van der Waals surface area contributed by atoms with Gasteiger partial charge in [0.15, 0.2) is 0 Å². The van der Waals surface area contributed by atoms with Gasteiger partial charge in [0.05, 0.1) is 16.0 Å². The van der Waals surface area contributed by atoms with Crippen LogP contribution in [0.1, 0.15) is 15.9 Å². The molecule has 0 radical (unpaired) electrons. The van der Waals surface area contributed by atoms with Crippen LogP contribution in [-0.4, -0.2) is 39.5 Å². The molecule has 14 heteroatoms. The van der Waals surface area contributed by atoms with Gasteiger partial charge in [0.2, 0.25) is 5.91 Å². The minimum absolute atomic E-state index is 0.0480. The van der Waals surface area contributed by atoms with E-state index >= 15 is 0 Å². The average molecular weight is 540 g/mol. The van der Waals surface area contributed by atoms with Crippen molar-refractivity contribution in [2.75, 3.05) is 16.6 Å². The average Bonchev–Trinajstić information content (AvgIpc) is 2.99. The largest absolute Gasteiger partial charge is 0.416 e. The zero-order valence-electron chi connectivity index (χ0n) is 18.0. The Morgan fingerprint density at radius 1 is 0.917 bits per heavy atom. The monoisotopic (exact) mass is 539 g/mol. The van der Waals surface area contributed by atoms with Gasteiger partial charge in [-0.25, -0.2) is 21.1 Å². The molecule has 0 saturated carbocycles. The second-order valence-corrected chi connectivity index (χ2v) is 11.1. The van der Waals surface area contributed by atoms with Gasteiger partial charge in [0, 0.05) is 11.4 Å². The van der Waals surface area contributed by atoms with Gasteiger partial charge in [-0.1, -0.05) is 18.2 Å². The van der Waals surface area contributed by atoms with Crippen LogP contribution in [0.3, 0.4) is 0 Å². The molecule has 3 aromatic carbocycles. The Morgan fingerprint density at radius 2 is 1.58 bits per heavy atom. The van der Waals surface area contributed by atoms with Gasteiger partial charge in [-0.3, -0.25) is 14.3 Å². The second kappa shape index (κ2) is 8.95. The van der Waals surface area contributed by atoms with Gasteiger partial charge >= 0.3 is 6.18 Å². The van der Waals surface area contributed by atoms with Crippen LogP contribution < -0.4 is 10.0 Å². The number of rotatable bonds is 6. The molecule has 188 valence electrons. The molecule has 1 aliphatic rings. The topological polar surface area (TPSA) is 130 Å². The maximum Gasteiger partial charge on any atom is 0.416 e. The number of benzene rings is 3. The van der Waals surface area contributed by atoms with E-state index in [9.17, 15) is 39.6 Å². The number of sulfonamides is 2. The van der Waals surface area contributed by atoms with E-state index in [1.165, 1.54) is 36.4 Å². The number of anilines is 2. The molecular formula is C22H16F3N3O6S2. The first-order chi connectivity index (χ1) is 16.8. The molecule has 0 saturated heterocycles. The van der Waals surface area contributed by atoms with Crippen LogP contribution in [0.5, 0.6) is 0 Å². The van der Waals surface area contributed by atoms with Gasteiger partial charge in [0.1, 0.15) is 11.4 Å². The van der Waals surface area contributed by atoms with Crippen molar-refractivity contribution in [1.82, 2.24) is 4.31 Å². The molecule has 4 rings (SSSR count). The molecule has 0 unspecified atom stereocenters. The number of fused-ring (bicyclic) bond motifs is 1. The Balaban J connectivity index is 1.44. The number of nitrogens with one attached hydrogen (secondary N) is 2. The Hall–Kier alpha value is -3.91. The van der Waals surface area contributed by atoms with E-state index in [4.69, 9.17) is 0 Å². The maximum absolute atomic E-state index is 12.9. The molecule has 1 heterocycles. The lowest BCUT2D eigenvalue weighted by Crippen LogP contribution is -2.37. The predicted molar refractivity (Wildman–Crippen MR) is 122 cm³/mol. The smallest absolute Gasteiger partial charge is 0.325 e. The zero-order valence-corrected chi connectivity index (χ0v) is 19.6. The van der Waals surface area contributed by atoms with Crippen LogP contribution in [0.2, 0.25) is 0 Å². The first kappa shape index (κ1) is 25.2. The number of amides is 2. The van der Waals surface area contributed by atoms with Crippen molar-refractivity contribution in [1.29, 1.82) is 0 Å². The first-order valence-electron chi connectivity index (χ1n) is 10.1. The highest BCUT2D eigenvalue weighted by Gasteiger charge is 2.41. The van der Waals surface area contributed by atoms with Crippen molar-refractivity contribution in [2.24, 2.45) is 0 Å². The summed E-state index contributed by atoms with van der Waals surface area (Å²) in [6, 6.07) is 13.8. The number of halogens is 3. The van der Waals surface area contributed by atoms with Crippen molar-refractivity contribution >= 4 is 43.2 Å². The molecule has 2 amide bonds. The first-order valence-corrected chi connectivity index (χ1v) is 13.0. The lowest BCUT2D eigenvalue weighted by atomic mass is 10.2. The Labute approximate surface area is 203 Å². The molecular weight excluding hydrogens is 523 g/mol. The molecule has 36 heavy (non-hydrogen) atoms. The Kier molecular flexibility index (Phi) is 6.26. The van der Waals surface area contributed by atoms with Crippen LogP contribution in [0.4, 0.5) is 24.5 Å². The fourth-order valence-corrected chi connectivity index (χ4v) is 5.98. The third-order valence-electron chi connectivity index (χ3n) is 5.09. The SMILES string of the molecule is O=C(CN1C(=O)c2ccccc2S1(=O)=O)Nc1ccc(S(=O)(=O)Nc2cccc(C(F)(F)F)c2)cc1. The summed E-state index contributed by atoms with van der Waals surface area (Å²) in [5.74, 6) is -1.69. The molecule has 9 nitrogen and oxygen atoms in total. The van der Waals surface area contributed by atoms with Crippen LogP contribution in [0.15, 0.2) is 82.6 Å². The number of carbonyl (C=O) groups excluding carboxylic acids is 2. The van der Waals surface area contributed by atoms with E-state index in [0.717, 1.165) is 30.3 Å². The van der Waals surface area contributed by atoms with E-state index < -0.39 is 50.1 Å². The van der Waals surface area contributed by atoms with Crippen LogP contribution in [-0.2, 0) is 31.0 Å². The molecule has 1 aliphatic heterocycles. The highest BCUT2D eigenvalue weighted by atomic mass is 32.2. The normalized spacial score (nSPS) is 14.9. The van der Waals surface area contributed by atoms with Crippen LogP contribution in [0.25, 0.3) is 0 Å². The molecule has 0 aliphatic carbocycles. The van der Waals surface area contributed by atoms with Gasteiger partial charge in [-0.05, 0) is 54.6 Å². The molecule has 0 bridgehead atoms. The van der Waals surface area contributed by atoms with E-state index in [1.54, 1.807) is 0 Å². The highest BCUT2D eigenvalue weighted by Crippen LogP contribution is 2.32. The standard InChI is InChI=1S/C22H16F3N3O6S2/c23-22(24,25)14-4-3-5-16(12-14)27-35(31,32)17-10-8-15(9-11-17)26-20(29)13-28-21(30)18-6-1-2-7-19(18)36(28,33)34/h1-12,27H,13H2,(H,26,29). The van der Waals surface area contributed by atoms with Crippen molar-refractivity contribution < 1.29 is 39.6 Å². The highest BCUT2D eigenvalue weighted by molar-refractivity contribution is 7.92. The second-order valence-electron chi connectivity index (χ2n) is 7.57. The van der Waals surface area contributed by atoms with Crippen molar-refractivity contribution in [3.8, 4) is 0 Å². The summed E-state index contributed by atoms with van der Waals surface area (Å²) in [6.45, 7) is -0.799. The van der Waals surface area contributed by atoms with Gasteiger partial charge < -0.3 is 5.32 Å². The number of alkyl halides is 3. The van der Waals surface area contributed by atoms with Crippen molar-refractivity contribution in [3.63, 3.8) is 0 Å². The van der Waals surface area contributed by atoms with Crippen LogP contribution >= 0.6 is 0 Å². The summed E-state index contributed by atoms with van der Waals surface area (Å²) in [6.07, 6.45) is -4.65. The quantitative estimate of drug-likeness (QED) is 0.495. The predicted octanol–water partition coefficient (Wildman–Crippen LogP) is 3.29. The minimum Gasteiger partial charge on any atom is -0.325 e. The molecule has 0 spiro atoms. The van der Waals surface area contributed by atoms with Gasteiger partial charge in [-0.2, -0.15) is 13.2 Å². The summed E-state index contributed by atoms with van der Waals surface area (Å²) in [5.41, 5.74) is -1.27. The molecule has 0 atom stereocenters. The Bertz CT molecular complexity index is 1570. The minimum atomic E-state index is -4.65.